The highest BCUT2D eigenvalue weighted by molar-refractivity contribution is 5.49. The van der Waals surface area contributed by atoms with Crippen LogP contribution in [0.4, 0.5) is 0 Å². The van der Waals surface area contributed by atoms with Crippen molar-refractivity contribution < 1.29 is 4.79 Å². The van der Waals surface area contributed by atoms with Crippen molar-refractivity contribution in [1.29, 1.82) is 0 Å². The summed E-state index contributed by atoms with van der Waals surface area (Å²) in [5.74, 6) is 0. The van der Waals surface area contributed by atoms with Crippen LogP contribution in [0.15, 0.2) is 30.3 Å². The predicted molar refractivity (Wildman–Crippen MR) is 55.6 cm³/mol. The molecule has 1 saturated heterocycles. The van der Waals surface area contributed by atoms with Gasteiger partial charge in [0.05, 0.1) is 0 Å². The Kier molecular flexibility index (Phi) is 2.82. The van der Waals surface area contributed by atoms with Crippen molar-refractivity contribution in [3.05, 3.63) is 35.9 Å². The number of hydrogen-bond donors (Lipinski definition) is 0. The summed E-state index contributed by atoms with van der Waals surface area (Å²) in [6, 6.07) is 10.7. The van der Waals surface area contributed by atoms with E-state index in [-0.39, 0.29) is 0 Å². The smallest absolute Gasteiger partial charge is 0.312 e. The molecule has 1 aromatic rings. The zero-order valence-corrected chi connectivity index (χ0v) is 8.15. The average molecular weight is 188 g/mol. The van der Waals surface area contributed by atoms with Gasteiger partial charge >= 0.3 is 6.41 Å². The molecule has 0 aliphatic carbocycles. The first-order chi connectivity index (χ1) is 6.90. The molecule has 2 heteroatoms. The molecule has 0 spiro atoms. The first-order valence-corrected chi connectivity index (χ1v) is 5.08. The van der Waals surface area contributed by atoms with Gasteiger partial charge in [-0.15, -0.1) is 0 Å². The van der Waals surface area contributed by atoms with Crippen molar-refractivity contribution in [2.75, 3.05) is 6.54 Å². The predicted octanol–water partition coefficient (Wildman–Crippen LogP) is 1.76. The molecule has 1 unspecified atom stereocenters. The van der Waals surface area contributed by atoms with Gasteiger partial charge in [-0.1, -0.05) is 30.3 Å². The standard InChI is InChI=1S/C12H14NO/c14-10-13-8-4-7-12(13)9-11-5-2-1-3-6-11/h1-3,5-6,12H,4,7-9H2. The highest BCUT2D eigenvalue weighted by atomic mass is 16.1. The van der Waals surface area contributed by atoms with Gasteiger partial charge in [0.2, 0.25) is 0 Å². The molecule has 14 heavy (non-hydrogen) atoms. The molecule has 0 N–H and O–H groups in total. The summed E-state index contributed by atoms with van der Waals surface area (Å²) in [6.45, 7) is 0.876. The van der Waals surface area contributed by atoms with E-state index in [1.807, 2.05) is 24.6 Å². The molecule has 1 aromatic carbocycles. The normalized spacial score (nSPS) is 21.1. The molecule has 0 aromatic heterocycles. The van der Waals surface area contributed by atoms with Gasteiger partial charge in [0.1, 0.15) is 0 Å². The van der Waals surface area contributed by atoms with E-state index in [1.54, 1.807) is 4.90 Å². The molecule has 1 aliphatic rings. The molecular formula is C12H14NO. The molecular weight excluding hydrogens is 174 g/mol. The van der Waals surface area contributed by atoms with Gasteiger partial charge < -0.3 is 4.90 Å². The zero-order chi connectivity index (χ0) is 9.80. The molecule has 1 heterocycles. The average Bonchev–Trinajstić information content (AvgIpc) is 2.67. The van der Waals surface area contributed by atoms with Crippen LogP contribution >= 0.6 is 0 Å². The van der Waals surface area contributed by atoms with Gasteiger partial charge in [0, 0.05) is 12.6 Å². The minimum atomic E-state index is 0.370. The molecule has 73 valence electrons. The Bertz CT molecular complexity index is 296. The SMILES string of the molecule is O=[C]N1CCCC1Cc1ccccc1. The molecule has 1 amide bonds. The maximum atomic E-state index is 10.6. The van der Waals surface area contributed by atoms with Crippen molar-refractivity contribution in [1.82, 2.24) is 4.90 Å². The number of hydrogen-bond acceptors (Lipinski definition) is 1. The lowest BCUT2D eigenvalue weighted by Gasteiger charge is -2.18. The Morgan fingerprint density at radius 1 is 1.36 bits per heavy atom. The van der Waals surface area contributed by atoms with Crippen LogP contribution in [0.5, 0.6) is 0 Å². The van der Waals surface area contributed by atoms with Crippen molar-refractivity contribution in [3.8, 4) is 0 Å². The van der Waals surface area contributed by atoms with E-state index >= 15 is 0 Å². The molecule has 1 aliphatic heterocycles. The van der Waals surface area contributed by atoms with Crippen molar-refractivity contribution in [3.63, 3.8) is 0 Å². The minimum absolute atomic E-state index is 0.370. The summed E-state index contributed by atoms with van der Waals surface area (Å²) in [6.07, 6.45) is 5.22. The fourth-order valence-electron chi connectivity index (χ4n) is 2.05. The van der Waals surface area contributed by atoms with Crippen molar-refractivity contribution in [2.45, 2.75) is 25.3 Å². The highest BCUT2D eigenvalue weighted by Gasteiger charge is 2.23. The van der Waals surface area contributed by atoms with Gasteiger partial charge in [-0.05, 0) is 24.8 Å². The maximum absolute atomic E-state index is 10.6. The van der Waals surface area contributed by atoms with Crippen molar-refractivity contribution >= 4 is 6.41 Å². The molecule has 2 rings (SSSR count). The summed E-state index contributed by atoms with van der Waals surface area (Å²) >= 11 is 0. The Hall–Kier alpha value is -1.31. The molecule has 0 bridgehead atoms. The van der Waals surface area contributed by atoms with Crippen LogP contribution < -0.4 is 0 Å². The number of nitrogens with zero attached hydrogens (tertiary/aromatic N) is 1. The second kappa shape index (κ2) is 4.27. The fourth-order valence-corrected chi connectivity index (χ4v) is 2.05. The lowest BCUT2D eigenvalue weighted by molar-refractivity contribution is 0.356. The maximum Gasteiger partial charge on any atom is 0.312 e. The summed E-state index contributed by atoms with van der Waals surface area (Å²) in [5.41, 5.74) is 1.31. The Morgan fingerprint density at radius 3 is 2.86 bits per heavy atom. The quantitative estimate of drug-likeness (QED) is 0.707. The first-order valence-electron chi connectivity index (χ1n) is 5.08. The van der Waals surface area contributed by atoms with E-state index in [0.717, 1.165) is 25.8 Å². The van der Waals surface area contributed by atoms with Crippen LogP contribution in [0.25, 0.3) is 0 Å². The van der Waals surface area contributed by atoms with E-state index in [1.165, 1.54) is 5.56 Å². The van der Waals surface area contributed by atoms with E-state index in [0.29, 0.717) is 6.04 Å². The summed E-state index contributed by atoms with van der Waals surface area (Å²) in [4.78, 5) is 12.4. The summed E-state index contributed by atoms with van der Waals surface area (Å²) in [5, 5.41) is 0. The van der Waals surface area contributed by atoms with Gasteiger partial charge in [0.15, 0.2) is 0 Å². The highest BCUT2D eigenvalue weighted by Crippen LogP contribution is 2.19. The number of amides is 1. The van der Waals surface area contributed by atoms with Crippen LogP contribution in [0.3, 0.4) is 0 Å². The monoisotopic (exact) mass is 188 g/mol. The zero-order valence-electron chi connectivity index (χ0n) is 8.15. The van der Waals surface area contributed by atoms with E-state index < -0.39 is 0 Å². The topological polar surface area (TPSA) is 20.3 Å². The fraction of sp³-hybridized carbons (Fsp3) is 0.417. The summed E-state index contributed by atoms with van der Waals surface area (Å²) in [7, 11) is 0. The molecule has 2 nitrogen and oxygen atoms in total. The first kappa shape index (κ1) is 9.25. The Morgan fingerprint density at radius 2 is 2.14 bits per heavy atom. The van der Waals surface area contributed by atoms with Gasteiger partial charge in [-0.3, -0.25) is 4.79 Å². The number of carbonyl (C=O) groups excluding carboxylic acids is 1. The van der Waals surface area contributed by atoms with Gasteiger partial charge in [-0.25, -0.2) is 0 Å². The van der Waals surface area contributed by atoms with Crippen LogP contribution in [-0.4, -0.2) is 23.9 Å². The second-order valence-electron chi connectivity index (χ2n) is 3.77. The Labute approximate surface area is 84.5 Å². The third-order valence-electron chi connectivity index (χ3n) is 2.81. The second-order valence-corrected chi connectivity index (χ2v) is 3.77. The van der Waals surface area contributed by atoms with Crippen LogP contribution in [0.2, 0.25) is 0 Å². The number of rotatable bonds is 3. The lowest BCUT2D eigenvalue weighted by Crippen LogP contribution is -2.29. The molecule has 0 saturated carbocycles. The number of benzene rings is 1. The van der Waals surface area contributed by atoms with Crippen LogP contribution in [0, 0.1) is 0 Å². The number of likely N-dealkylation sites (tertiary alicyclic amines) is 1. The van der Waals surface area contributed by atoms with Gasteiger partial charge in [0.25, 0.3) is 0 Å². The largest absolute Gasteiger partial charge is 0.331 e. The molecule has 1 fully saturated rings. The van der Waals surface area contributed by atoms with E-state index in [2.05, 4.69) is 12.1 Å². The van der Waals surface area contributed by atoms with E-state index in [4.69, 9.17) is 0 Å². The van der Waals surface area contributed by atoms with Crippen LogP contribution in [-0.2, 0) is 11.2 Å². The van der Waals surface area contributed by atoms with Crippen molar-refractivity contribution in [2.24, 2.45) is 0 Å². The summed E-state index contributed by atoms with van der Waals surface area (Å²) < 4.78 is 0. The Balaban J connectivity index is 2.00. The molecule has 1 atom stereocenters. The van der Waals surface area contributed by atoms with Crippen LogP contribution in [0.1, 0.15) is 18.4 Å². The van der Waals surface area contributed by atoms with E-state index in [9.17, 15) is 4.79 Å². The third-order valence-corrected chi connectivity index (χ3v) is 2.81. The third kappa shape index (κ3) is 1.95. The molecule has 1 radical (unpaired) electrons. The van der Waals surface area contributed by atoms with Gasteiger partial charge in [-0.2, -0.15) is 0 Å². The lowest BCUT2D eigenvalue weighted by atomic mass is 10.0. The minimum Gasteiger partial charge on any atom is -0.331 e.